The van der Waals surface area contributed by atoms with Gasteiger partial charge in [-0.25, -0.2) is 4.79 Å². The molecule has 1 heterocycles. The van der Waals surface area contributed by atoms with Crippen LogP contribution in [-0.4, -0.2) is 23.0 Å². The minimum atomic E-state index is -0.992. The van der Waals surface area contributed by atoms with E-state index in [9.17, 15) is 14.7 Å². The third-order valence-corrected chi connectivity index (χ3v) is 5.09. The molecule has 0 spiro atoms. The summed E-state index contributed by atoms with van der Waals surface area (Å²) in [5.41, 5.74) is 1.26. The largest absolute Gasteiger partial charge is 0.480 e. The van der Waals surface area contributed by atoms with Crippen LogP contribution in [0, 0.1) is 11.3 Å². The zero-order valence-electron chi connectivity index (χ0n) is 13.0. The summed E-state index contributed by atoms with van der Waals surface area (Å²) in [6.07, 6.45) is 3.02. The topological polar surface area (TPSA) is 66.4 Å². The summed E-state index contributed by atoms with van der Waals surface area (Å²) in [7, 11) is 0. The number of thiophene rings is 1. The lowest BCUT2D eigenvalue weighted by Gasteiger charge is -2.28. The minimum absolute atomic E-state index is 0.260. The van der Waals surface area contributed by atoms with Gasteiger partial charge >= 0.3 is 5.97 Å². The predicted molar refractivity (Wildman–Crippen MR) is 83.9 cm³/mol. The van der Waals surface area contributed by atoms with Crippen LogP contribution >= 0.6 is 11.3 Å². The molecule has 1 aromatic heterocycles. The molecule has 0 saturated heterocycles. The Morgan fingerprint density at radius 2 is 2.10 bits per heavy atom. The molecule has 1 aliphatic rings. The maximum atomic E-state index is 12.5. The number of carboxylic acids is 1. The van der Waals surface area contributed by atoms with Crippen molar-refractivity contribution in [3.8, 4) is 0 Å². The first-order valence-electron chi connectivity index (χ1n) is 7.33. The maximum absolute atomic E-state index is 12.5. The van der Waals surface area contributed by atoms with Crippen LogP contribution in [-0.2, 0) is 17.6 Å². The lowest BCUT2D eigenvalue weighted by Crippen LogP contribution is -2.49. The molecule has 1 amide bonds. The minimum Gasteiger partial charge on any atom is -0.480 e. The maximum Gasteiger partial charge on any atom is 0.326 e. The predicted octanol–water partition coefficient (Wildman–Crippen LogP) is 3.10. The van der Waals surface area contributed by atoms with Gasteiger partial charge in [-0.3, -0.25) is 4.79 Å². The second kappa shape index (κ2) is 5.79. The highest BCUT2D eigenvalue weighted by Crippen LogP contribution is 2.33. The molecule has 2 rings (SSSR count). The van der Waals surface area contributed by atoms with Crippen LogP contribution in [0.3, 0.4) is 0 Å². The van der Waals surface area contributed by atoms with E-state index >= 15 is 0 Å². The van der Waals surface area contributed by atoms with Crippen molar-refractivity contribution >= 4 is 23.2 Å². The average Bonchev–Trinajstić information content (AvgIpc) is 2.76. The molecule has 0 aromatic carbocycles. The summed E-state index contributed by atoms with van der Waals surface area (Å²) in [6, 6.07) is -0.886. The molecule has 2 N–H and O–H groups in total. The van der Waals surface area contributed by atoms with E-state index in [4.69, 9.17) is 0 Å². The Hall–Kier alpha value is -1.36. The Labute approximate surface area is 129 Å². The number of nitrogens with one attached hydrogen (secondary N) is 1. The second-order valence-electron chi connectivity index (χ2n) is 7.01. The molecule has 1 aromatic rings. The van der Waals surface area contributed by atoms with Gasteiger partial charge < -0.3 is 10.4 Å². The van der Waals surface area contributed by atoms with Gasteiger partial charge in [-0.05, 0) is 36.2 Å². The average molecular weight is 309 g/mol. The van der Waals surface area contributed by atoms with Gasteiger partial charge in [0.1, 0.15) is 6.04 Å². The van der Waals surface area contributed by atoms with Gasteiger partial charge in [-0.1, -0.05) is 27.7 Å². The molecule has 1 aliphatic carbocycles. The van der Waals surface area contributed by atoms with E-state index in [0.717, 1.165) is 24.8 Å². The highest BCUT2D eigenvalue weighted by atomic mass is 32.1. The summed E-state index contributed by atoms with van der Waals surface area (Å²) in [5.74, 6) is -0.591. The summed E-state index contributed by atoms with van der Waals surface area (Å²) in [6.45, 7) is 7.67. The van der Waals surface area contributed by atoms with Crippen molar-refractivity contribution in [2.45, 2.75) is 53.0 Å². The smallest absolute Gasteiger partial charge is 0.326 e. The van der Waals surface area contributed by atoms with Crippen LogP contribution < -0.4 is 5.32 Å². The molecule has 0 radical (unpaired) electrons. The molecule has 2 unspecified atom stereocenters. The Morgan fingerprint density at radius 3 is 2.67 bits per heavy atom. The Morgan fingerprint density at radius 1 is 1.43 bits per heavy atom. The van der Waals surface area contributed by atoms with Gasteiger partial charge in [-0.2, -0.15) is 0 Å². The van der Waals surface area contributed by atoms with Crippen molar-refractivity contribution in [3.63, 3.8) is 0 Å². The third-order valence-electron chi connectivity index (χ3n) is 4.03. The van der Waals surface area contributed by atoms with Crippen LogP contribution in [0.5, 0.6) is 0 Å². The van der Waals surface area contributed by atoms with Crippen molar-refractivity contribution in [3.05, 3.63) is 21.4 Å². The SMILES string of the molecule is CC1CCc2c(C(=O)NC(C(=O)O)C(C)(C)C)csc2C1. The Bertz CT molecular complexity index is 556. The van der Waals surface area contributed by atoms with E-state index in [2.05, 4.69) is 12.2 Å². The number of carboxylic acid groups (broad SMARTS) is 1. The van der Waals surface area contributed by atoms with Crippen LogP contribution in [0.2, 0.25) is 0 Å². The number of rotatable bonds is 3. The van der Waals surface area contributed by atoms with Crippen LogP contribution in [0.15, 0.2) is 5.38 Å². The fourth-order valence-corrected chi connectivity index (χ4v) is 3.97. The van der Waals surface area contributed by atoms with E-state index in [1.807, 2.05) is 26.2 Å². The van der Waals surface area contributed by atoms with Crippen molar-refractivity contribution in [1.29, 1.82) is 0 Å². The molecule has 4 nitrogen and oxygen atoms in total. The molecule has 2 atom stereocenters. The highest BCUT2D eigenvalue weighted by Gasteiger charge is 2.34. The van der Waals surface area contributed by atoms with Gasteiger partial charge in [0, 0.05) is 10.3 Å². The molecule has 0 aliphatic heterocycles. The number of fused-ring (bicyclic) bond motifs is 1. The van der Waals surface area contributed by atoms with Gasteiger partial charge in [0.05, 0.1) is 5.56 Å². The first-order chi connectivity index (χ1) is 9.70. The molecule has 21 heavy (non-hydrogen) atoms. The van der Waals surface area contributed by atoms with E-state index in [0.29, 0.717) is 11.5 Å². The lowest BCUT2D eigenvalue weighted by molar-refractivity contribution is -0.142. The molecule has 116 valence electrons. The third kappa shape index (κ3) is 3.46. The number of carbonyl (C=O) groups is 2. The van der Waals surface area contributed by atoms with Gasteiger partial charge in [0.25, 0.3) is 5.91 Å². The quantitative estimate of drug-likeness (QED) is 0.901. The number of amides is 1. The van der Waals surface area contributed by atoms with E-state index in [1.54, 1.807) is 11.3 Å². The Balaban J connectivity index is 2.20. The standard InChI is InChI=1S/C16H23NO3S/c1-9-5-6-10-11(8-21-12(10)7-9)14(18)17-13(15(19)20)16(2,3)4/h8-9,13H,5-7H2,1-4H3,(H,17,18)(H,19,20). The van der Waals surface area contributed by atoms with Crippen molar-refractivity contribution in [2.24, 2.45) is 11.3 Å². The van der Waals surface area contributed by atoms with Crippen molar-refractivity contribution in [2.75, 3.05) is 0 Å². The molecule has 5 heteroatoms. The first kappa shape index (κ1) is 16.0. The van der Waals surface area contributed by atoms with Crippen LogP contribution in [0.1, 0.15) is 54.9 Å². The number of aliphatic carboxylic acids is 1. The normalized spacial score (nSPS) is 19.7. The summed E-state index contributed by atoms with van der Waals surface area (Å²) in [5, 5.41) is 13.9. The molecule has 0 saturated carbocycles. The number of hydrogen-bond donors (Lipinski definition) is 2. The fraction of sp³-hybridized carbons (Fsp3) is 0.625. The van der Waals surface area contributed by atoms with Crippen molar-refractivity contribution < 1.29 is 14.7 Å². The van der Waals surface area contributed by atoms with Crippen LogP contribution in [0.4, 0.5) is 0 Å². The Kier molecular flexibility index (Phi) is 4.42. The zero-order chi connectivity index (χ0) is 15.8. The highest BCUT2D eigenvalue weighted by molar-refractivity contribution is 7.10. The lowest BCUT2D eigenvalue weighted by atomic mass is 9.86. The summed E-state index contributed by atoms with van der Waals surface area (Å²) < 4.78 is 0. The van der Waals surface area contributed by atoms with E-state index in [1.165, 1.54) is 4.88 Å². The zero-order valence-corrected chi connectivity index (χ0v) is 13.8. The van der Waals surface area contributed by atoms with Gasteiger partial charge in [0.2, 0.25) is 0 Å². The second-order valence-corrected chi connectivity index (χ2v) is 7.97. The van der Waals surface area contributed by atoms with Gasteiger partial charge in [-0.15, -0.1) is 11.3 Å². The van der Waals surface area contributed by atoms with E-state index in [-0.39, 0.29) is 5.91 Å². The number of hydrogen-bond acceptors (Lipinski definition) is 3. The molecular weight excluding hydrogens is 286 g/mol. The summed E-state index contributed by atoms with van der Waals surface area (Å²) in [4.78, 5) is 25.1. The summed E-state index contributed by atoms with van der Waals surface area (Å²) >= 11 is 1.62. The van der Waals surface area contributed by atoms with Crippen LogP contribution in [0.25, 0.3) is 0 Å². The monoisotopic (exact) mass is 309 g/mol. The van der Waals surface area contributed by atoms with Crippen molar-refractivity contribution in [1.82, 2.24) is 5.32 Å². The molecule has 0 bridgehead atoms. The van der Waals surface area contributed by atoms with Gasteiger partial charge in [0.15, 0.2) is 0 Å². The number of carbonyl (C=O) groups excluding carboxylic acids is 1. The first-order valence-corrected chi connectivity index (χ1v) is 8.21. The fourth-order valence-electron chi connectivity index (χ4n) is 2.73. The molecule has 0 fully saturated rings. The van der Waals surface area contributed by atoms with E-state index < -0.39 is 17.4 Å². The molecular formula is C16H23NO3S.